The van der Waals surface area contributed by atoms with Crippen molar-refractivity contribution in [3.05, 3.63) is 39.9 Å². The molecule has 2 N–H and O–H groups in total. The minimum Gasteiger partial charge on any atom is -0.396 e. The van der Waals surface area contributed by atoms with Crippen molar-refractivity contribution in [1.82, 2.24) is 5.32 Å². The smallest absolute Gasteiger partial charge is 0.244 e. The monoisotopic (exact) mass is 301 g/mol. The third-order valence-electron chi connectivity index (χ3n) is 2.56. The van der Waals surface area contributed by atoms with Crippen LogP contribution in [0.5, 0.6) is 0 Å². The van der Waals surface area contributed by atoms with Gasteiger partial charge in [-0.05, 0) is 43.5 Å². The van der Waals surface area contributed by atoms with Crippen molar-refractivity contribution in [2.45, 2.75) is 25.8 Å². The Balaban J connectivity index is 2.53. The van der Waals surface area contributed by atoms with Crippen molar-refractivity contribution in [1.29, 1.82) is 0 Å². The first-order valence-electron chi connectivity index (χ1n) is 6.07. The van der Waals surface area contributed by atoms with E-state index in [1.165, 1.54) is 6.08 Å². The van der Waals surface area contributed by atoms with Gasteiger partial charge in [-0.25, -0.2) is 0 Å². The summed E-state index contributed by atoms with van der Waals surface area (Å²) in [6.07, 6.45) is 4.50. The Kier molecular flexibility index (Phi) is 6.92. The maximum Gasteiger partial charge on any atom is 0.244 e. The number of aliphatic hydroxyl groups excluding tert-OH is 1. The van der Waals surface area contributed by atoms with Crippen LogP contribution in [0.15, 0.2) is 24.3 Å². The maximum absolute atomic E-state index is 11.6. The van der Waals surface area contributed by atoms with Gasteiger partial charge in [-0.1, -0.05) is 29.3 Å². The highest BCUT2D eigenvalue weighted by molar-refractivity contribution is 6.35. The molecule has 0 bridgehead atoms. The number of hydrogen-bond acceptors (Lipinski definition) is 2. The molecule has 1 rings (SSSR count). The zero-order valence-electron chi connectivity index (χ0n) is 10.7. The van der Waals surface area contributed by atoms with Gasteiger partial charge in [0, 0.05) is 28.8 Å². The zero-order valence-corrected chi connectivity index (χ0v) is 12.2. The van der Waals surface area contributed by atoms with Crippen molar-refractivity contribution < 1.29 is 9.90 Å². The predicted molar refractivity (Wildman–Crippen MR) is 79.4 cm³/mol. The number of aliphatic hydroxyl groups is 1. The van der Waals surface area contributed by atoms with Gasteiger partial charge in [0.2, 0.25) is 5.91 Å². The van der Waals surface area contributed by atoms with Crippen LogP contribution >= 0.6 is 23.2 Å². The Bertz CT molecular complexity index is 461. The van der Waals surface area contributed by atoms with E-state index in [-0.39, 0.29) is 18.6 Å². The summed E-state index contributed by atoms with van der Waals surface area (Å²) >= 11 is 11.8. The fraction of sp³-hybridized carbons (Fsp3) is 0.357. The molecule has 0 aliphatic heterocycles. The lowest BCUT2D eigenvalue weighted by atomic mass is 10.2. The average Bonchev–Trinajstić information content (AvgIpc) is 2.35. The van der Waals surface area contributed by atoms with Gasteiger partial charge in [-0.3, -0.25) is 4.79 Å². The highest BCUT2D eigenvalue weighted by Crippen LogP contribution is 2.21. The SMILES string of the molecule is CC(CCCO)NC(=O)C=Cc1ccc(Cl)cc1Cl. The van der Waals surface area contributed by atoms with Gasteiger partial charge in [-0.15, -0.1) is 0 Å². The lowest BCUT2D eigenvalue weighted by Crippen LogP contribution is -2.31. The number of rotatable bonds is 6. The molecule has 19 heavy (non-hydrogen) atoms. The highest BCUT2D eigenvalue weighted by Gasteiger charge is 2.04. The summed E-state index contributed by atoms with van der Waals surface area (Å²) in [6, 6.07) is 5.13. The summed E-state index contributed by atoms with van der Waals surface area (Å²) in [5.41, 5.74) is 0.740. The first-order valence-corrected chi connectivity index (χ1v) is 6.83. The summed E-state index contributed by atoms with van der Waals surface area (Å²) in [5, 5.41) is 12.6. The third-order valence-corrected chi connectivity index (χ3v) is 3.12. The number of carbonyl (C=O) groups is 1. The molecule has 1 unspecified atom stereocenters. The topological polar surface area (TPSA) is 49.3 Å². The molecule has 0 aliphatic carbocycles. The first kappa shape index (κ1) is 16.0. The second-order valence-electron chi connectivity index (χ2n) is 4.27. The van der Waals surface area contributed by atoms with Gasteiger partial charge in [0.05, 0.1) is 0 Å². The van der Waals surface area contributed by atoms with Gasteiger partial charge in [0.1, 0.15) is 0 Å². The zero-order chi connectivity index (χ0) is 14.3. The molecule has 1 aromatic rings. The Hall–Kier alpha value is -1.03. The van der Waals surface area contributed by atoms with Crippen LogP contribution < -0.4 is 5.32 Å². The molecule has 0 fully saturated rings. The molecule has 1 atom stereocenters. The van der Waals surface area contributed by atoms with E-state index >= 15 is 0 Å². The highest BCUT2D eigenvalue weighted by atomic mass is 35.5. The summed E-state index contributed by atoms with van der Waals surface area (Å²) in [5.74, 6) is -0.184. The molecule has 0 aromatic heterocycles. The molecule has 5 heteroatoms. The fourth-order valence-corrected chi connectivity index (χ4v) is 2.03. The lowest BCUT2D eigenvalue weighted by Gasteiger charge is -2.11. The van der Waals surface area contributed by atoms with Crippen molar-refractivity contribution in [3.8, 4) is 0 Å². The predicted octanol–water partition coefficient (Wildman–Crippen LogP) is 3.28. The normalized spacial score (nSPS) is 12.6. The number of carbonyl (C=O) groups excluding carboxylic acids is 1. The second kappa shape index (κ2) is 8.20. The summed E-state index contributed by atoms with van der Waals surface area (Å²) in [4.78, 5) is 11.6. The van der Waals surface area contributed by atoms with E-state index in [0.717, 1.165) is 12.0 Å². The largest absolute Gasteiger partial charge is 0.396 e. The summed E-state index contributed by atoms with van der Waals surface area (Å²) in [7, 11) is 0. The van der Waals surface area contributed by atoms with Crippen molar-refractivity contribution in [2.24, 2.45) is 0 Å². The van der Waals surface area contributed by atoms with Crippen molar-refractivity contribution in [3.63, 3.8) is 0 Å². The standard InChI is InChI=1S/C14H17Cl2NO2/c1-10(3-2-8-18)17-14(19)7-5-11-4-6-12(15)9-13(11)16/h4-7,9-10,18H,2-3,8H2,1H3,(H,17,19). The minimum atomic E-state index is -0.184. The Morgan fingerprint density at radius 3 is 2.84 bits per heavy atom. The van der Waals surface area contributed by atoms with Gasteiger partial charge in [0.15, 0.2) is 0 Å². The van der Waals surface area contributed by atoms with Gasteiger partial charge in [0.25, 0.3) is 0 Å². The maximum atomic E-state index is 11.6. The van der Waals surface area contributed by atoms with Crippen LogP contribution in [0.2, 0.25) is 10.0 Å². The molecule has 1 amide bonds. The molecular weight excluding hydrogens is 285 g/mol. The van der Waals surface area contributed by atoms with E-state index in [9.17, 15) is 4.79 Å². The van der Waals surface area contributed by atoms with E-state index in [4.69, 9.17) is 28.3 Å². The molecule has 104 valence electrons. The Morgan fingerprint density at radius 1 is 1.47 bits per heavy atom. The number of benzene rings is 1. The molecule has 1 aromatic carbocycles. The first-order chi connectivity index (χ1) is 9.02. The second-order valence-corrected chi connectivity index (χ2v) is 5.12. The van der Waals surface area contributed by atoms with E-state index in [0.29, 0.717) is 16.5 Å². The minimum absolute atomic E-state index is 0.0324. The molecule has 0 aliphatic rings. The van der Waals surface area contributed by atoms with E-state index in [1.807, 2.05) is 6.92 Å². The van der Waals surface area contributed by atoms with Crippen LogP contribution in [0, 0.1) is 0 Å². The van der Waals surface area contributed by atoms with Crippen LogP contribution in [-0.4, -0.2) is 23.7 Å². The van der Waals surface area contributed by atoms with Gasteiger partial charge >= 0.3 is 0 Å². The van der Waals surface area contributed by atoms with Gasteiger partial charge in [-0.2, -0.15) is 0 Å². The number of halogens is 2. The van der Waals surface area contributed by atoms with E-state index < -0.39 is 0 Å². The van der Waals surface area contributed by atoms with E-state index in [2.05, 4.69) is 5.32 Å². The Morgan fingerprint density at radius 2 is 2.21 bits per heavy atom. The quantitative estimate of drug-likeness (QED) is 0.792. The molecule has 0 saturated carbocycles. The summed E-state index contributed by atoms with van der Waals surface area (Å²) < 4.78 is 0. The van der Waals surface area contributed by atoms with Crippen molar-refractivity contribution in [2.75, 3.05) is 6.61 Å². The average molecular weight is 302 g/mol. The number of hydrogen-bond donors (Lipinski definition) is 2. The van der Waals surface area contributed by atoms with Crippen LogP contribution in [0.1, 0.15) is 25.3 Å². The molecule has 0 heterocycles. The number of nitrogens with one attached hydrogen (secondary N) is 1. The molecule has 0 saturated heterocycles. The number of amides is 1. The summed E-state index contributed by atoms with van der Waals surface area (Å²) in [6.45, 7) is 2.03. The molecule has 0 radical (unpaired) electrons. The fourth-order valence-electron chi connectivity index (χ4n) is 1.56. The lowest BCUT2D eigenvalue weighted by molar-refractivity contribution is -0.117. The van der Waals surface area contributed by atoms with Gasteiger partial charge < -0.3 is 10.4 Å². The van der Waals surface area contributed by atoms with E-state index in [1.54, 1.807) is 24.3 Å². The van der Waals surface area contributed by atoms with Crippen molar-refractivity contribution >= 4 is 35.2 Å². The molecular formula is C14H17Cl2NO2. The molecule has 3 nitrogen and oxygen atoms in total. The molecule has 0 spiro atoms. The van der Waals surface area contributed by atoms with Crippen LogP contribution in [0.3, 0.4) is 0 Å². The van der Waals surface area contributed by atoms with Crippen LogP contribution in [0.4, 0.5) is 0 Å². The third kappa shape index (κ3) is 6.10. The Labute approximate surface area is 123 Å². The van der Waals surface area contributed by atoms with Crippen LogP contribution in [-0.2, 0) is 4.79 Å². The van der Waals surface area contributed by atoms with Crippen LogP contribution in [0.25, 0.3) is 6.08 Å².